The fraction of sp³-hybridized carbons (Fsp3) is 0.467. The Hall–Kier alpha value is -3.22. The van der Waals surface area contributed by atoms with Crippen LogP contribution in [0.15, 0.2) is 17.5 Å². The van der Waals surface area contributed by atoms with E-state index >= 15 is 0 Å². The second-order valence-electron chi connectivity index (χ2n) is 7.00. The highest BCUT2D eigenvalue weighted by atomic mass is 16.6. The van der Waals surface area contributed by atoms with Crippen LogP contribution in [0.25, 0.3) is 0 Å². The zero-order chi connectivity index (χ0) is 18.2. The molecule has 1 atom stereocenters. The third kappa shape index (κ3) is 3.50. The lowest BCUT2D eigenvalue weighted by atomic mass is 9.81. The second kappa shape index (κ2) is 6.01. The Morgan fingerprint density at radius 3 is 2.76 bits per heavy atom. The van der Waals surface area contributed by atoms with Gasteiger partial charge in [-0.1, -0.05) is 25.8 Å². The average Bonchev–Trinajstić information content (AvgIpc) is 3.12. The Labute approximate surface area is 143 Å². The first-order chi connectivity index (χ1) is 11.8. The SMILES string of the molecule is CC(C)(C)CC1C(Cn2cnc([N+](=O)[O-])n2)=Nc2cnc(C#N)nc21. The van der Waals surface area contributed by atoms with E-state index in [9.17, 15) is 10.1 Å². The number of hydrogen-bond acceptors (Lipinski definition) is 8. The Morgan fingerprint density at radius 1 is 1.40 bits per heavy atom. The fourth-order valence-electron chi connectivity index (χ4n) is 2.76. The van der Waals surface area contributed by atoms with Gasteiger partial charge in [0.25, 0.3) is 0 Å². The summed E-state index contributed by atoms with van der Waals surface area (Å²) in [6, 6.07) is 1.94. The summed E-state index contributed by atoms with van der Waals surface area (Å²) in [6.45, 7) is 6.58. The van der Waals surface area contributed by atoms with Gasteiger partial charge in [0.05, 0.1) is 24.1 Å². The van der Waals surface area contributed by atoms with E-state index in [4.69, 9.17) is 5.26 Å². The molecule has 25 heavy (non-hydrogen) atoms. The second-order valence-corrected chi connectivity index (χ2v) is 7.00. The molecule has 3 rings (SSSR count). The molecule has 1 aliphatic heterocycles. The summed E-state index contributed by atoms with van der Waals surface area (Å²) < 4.78 is 1.39. The van der Waals surface area contributed by atoms with Gasteiger partial charge in [0.2, 0.25) is 12.2 Å². The molecule has 0 aromatic carbocycles. The predicted octanol–water partition coefficient (Wildman–Crippen LogP) is 2.15. The van der Waals surface area contributed by atoms with E-state index < -0.39 is 10.9 Å². The van der Waals surface area contributed by atoms with Crippen molar-refractivity contribution in [2.24, 2.45) is 10.4 Å². The van der Waals surface area contributed by atoms with E-state index in [1.807, 2.05) is 6.07 Å². The van der Waals surface area contributed by atoms with E-state index in [2.05, 4.69) is 45.8 Å². The molecule has 10 nitrogen and oxygen atoms in total. The number of aromatic nitrogens is 5. The molecule has 0 spiro atoms. The van der Waals surface area contributed by atoms with Crippen molar-refractivity contribution < 1.29 is 4.92 Å². The standard InChI is InChI=1S/C15H16N8O2/c1-15(2,3)4-9-11(7-22-8-18-14(21-22)23(24)25)19-10-6-17-12(5-16)20-13(9)10/h6,8-9H,4,7H2,1-3H3. The Morgan fingerprint density at radius 2 is 2.16 bits per heavy atom. The van der Waals surface area contributed by atoms with Crippen LogP contribution in [0, 0.1) is 26.9 Å². The number of nitro groups is 1. The molecule has 1 unspecified atom stereocenters. The van der Waals surface area contributed by atoms with Crippen molar-refractivity contribution in [3.05, 3.63) is 34.2 Å². The van der Waals surface area contributed by atoms with Crippen molar-refractivity contribution in [2.75, 3.05) is 0 Å². The third-order valence-electron chi connectivity index (χ3n) is 3.72. The first kappa shape index (κ1) is 16.6. The van der Waals surface area contributed by atoms with Crippen molar-refractivity contribution >= 4 is 17.3 Å². The number of nitrogens with zero attached hydrogens (tertiary/aromatic N) is 8. The summed E-state index contributed by atoms with van der Waals surface area (Å²) in [5, 5.41) is 23.6. The first-order valence-electron chi connectivity index (χ1n) is 7.65. The Bertz CT molecular complexity index is 903. The van der Waals surface area contributed by atoms with E-state index in [1.54, 1.807) is 0 Å². The van der Waals surface area contributed by atoms with E-state index in [0.29, 0.717) is 11.4 Å². The normalized spacial score (nSPS) is 16.2. The highest BCUT2D eigenvalue weighted by molar-refractivity contribution is 5.97. The van der Waals surface area contributed by atoms with Gasteiger partial charge in [0.15, 0.2) is 0 Å². The largest absolute Gasteiger partial charge is 0.490 e. The summed E-state index contributed by atoms with van der Waals surface area (Å²) in [5.74, 6) is -0.450. The van der Waals surface area contributed by atoms with Crippen LogP contribution < -0.4 is 0 Å². The molecule has 0 fully saturated rings. The molecule has 0 bridgehead atoms. The molecule has 0 radical (unpaired) electrons. The monoisotopic (exact) mass is 340 g/mol. The van der Waals surface area contributed by atoms with Gasteiger partial charge < -0.3 is 10.1 Å². The van der Waals surface area contributed by atoms with E-state index in [-0.39, 0.29) is 23.7 Å². The molecule has 128 valence electrons. The van der Waals surface area contributed by atoms with Gasteiger partial charge in [-0.3, -0.25) is 4.99 Å². The van der Waals surface area contributed by atoms with Crippen LogP contribution in [-0.4, -0.2) is 35.4 Å². The maximum Gasteiger partial charge on any atom is 0.490 e. The lowest BCUT2D eigenvalue weighted by Crippen LogP contribution is -2.22. The summed E-state index contributed by atoms with van der Waals surface area (Å²) in [7, 11) is 0. The van der Waals surface area contributed by atoms with Crippen LogP contribution in [0.3, 0.4) is 0 Å². The number of aliphatic imine (C=N–C) groups is 1. The van der Waals surface area contributed by atoms with Gasteiger partial charge in [-0.2, -0.15) is 9.94 Å². The minimum Gasteiger partial charge on any atom is -0.390 e. The summed E-state index contributed by atoms with van der Waals surface area (Å²) in [5.41, 5.74) is 2.11. The van der Waals surface area contributed by atoms with E-state index in [0.717, 1.165) is 12.1 Å². The molecule has 0 saturated heterocycles. The zero-order valence-corrected chi connectivity index (χ0v) is 14.0. The molecule has 3 heterocycles. The van der Waals surface area contributed by atoms with Crippen LogP contribution in [0.2, 0.25) is 0 Å². The van der Waals surface area contributed by atoms with Crippen LogP contribution in [0.1, 0.15) is 44.6 Å². The molecule has 10 heteroatoms. The summed E-state index contributed by atoms with van der Waals surface area (Å²) in [4.78, 5) is 26.6. The third-order valence-corrected chi connectivity index (χ3v) is 3.72. The number of nitriles is 1. The van der Waals surface area contributed by atoms with Crippen LogP contribution in [0.5, 0.6) is 0 Å². The molecule has 2 aromatic rings. The molecular weight excluding hydrogens is 324 g/mol. The number of fused-ring (bicyclic) bond motifs is 1. The Kier molecular flexibility index (Phi) is 4.00. The van der Waals surface area contributed by atoms with Crippen LogP contribution >= 0.6 is 0 Å². The number of hydrogen-bond donors (Lipinski definition) is 0. The maximum atomic E-state index is 10.7. The minimum absolute atomic E-state index is 0.000827. The molecule has 1 aliphatic rings. The minimum atomic E-state index is -0.640. The molecule has 0 amide bonds. The molecule has 2 aromatic heterocycles. The maximum absolute atomic E-state index is 10.7. The van der Waals surface area contributed by atoms with Crippen molar-refractivity contribution in [3.8, 4) is 6.07 Å². The smallest absolute Gasteiger partial charge is 0.390 e. The molecule has 0 N–H and O–H groups in total. The van der Waals surface area contributed by atoms with Crippen LogP contribution in [-0.2, 0) is 6.54 Å². The lowest BCUT2D eigenvalue weighted by Gasteiger charge is -2.24. The highest BCUT2D eigenvalue weighted by Gasteiger charge is 2.33. The van der Waals surface area contributed by atoms with Crippen molar-refractivity contribution in [1.29, 1.82) is 5.26 Å². The van der Waals surface area contributed by atoms with Crippen molar-refractivity contribution in [1.82, 2.24) is 24.7 Å². The quantitative estimate of drug-likeness (QED) is 0.614. The topological polar surface area (TPSA) is 136 Å². The zero-order valence-electron chi connectivity index (χ0n) is 14.0. The van der Waals surface area contributed by atoms with Crippen molar-refractivity contribution in [3.63, 3.8) is 0 Å². The molecular formula is C15H16N8O2. The summed E-state index contributed by atoms with van der Waals surface area (Å²) >= 11 is 0. The van der Waals surface area contributed by atoms with Crippen LogP contribution in [0.4, 0.5) is 11.6 Å². The van der Waals surface area contributed by atoms with Gasteiger partial charge >= 0.3 is 5.95 Å². The van der Waals surface area contributed by atoms with E-state index in [1.165, 1.54) is 17.2 Å². The lowest BCUT2D eigenvalue weighted by molar-refractivity contribution is -0.394. The molecule has 0 aliphatic carbocycles. The fourth-order valence-corrected chi connectivity index (χ4v) is 2.76. The average molecular weight is 340 g/mol. The first-order valence-corrected chi connectivity index (χ1v) is 7.65. The van der Waals surface area contributed by atoms with Gasteiger partial charge in [0, 0.05) is 11.0 Å². The number of rotatable bonds is 4. The van der Waals surface area contributed by atoms with Crippen molar-refractivity contribution in [2.45, 2.75) is 39.7 Å². The van der Waals surface area contributed by atoms with Gasteiger partial charge in [-0.05, 0) is 16.8 Å². The van der Waals surface area contributed by atoms with Gasteiger partial charge in [-0.25, -0.2) is 9.97 Å². The predicted molar refractivity (Wildman–Crippen MR) is 87.3 cm³/mol. The summed E-state index contributed by atoms with van der Waals surface area (Å²) in [6.07, 6.45) is 3.61. The molecule has 0 saturated carbocycles. The Balaban J connectivity index is 1.93. The highest BCUT2D eigenvalue weighted by Crippen LogP contribution is 2.40. The van der Waals surface area contributed by atoms with Gasteiger partial charge in [0.1, 0.15) is 11.8 Å². The van der Waals surface area contributed by atoms with Gasteiger partial charge in [-0.15, -0.1) is 0 Å².